The number of hydrogen-bond donors (Lipinski definition) is 1. The number of nitrogens with zero attached hydrogens (tertiary/aromatic N) is 2. The van der Waals surface area contributed by atoms with E-state index >= 15 is 0 Å². The third-order valence-corrected chi connectivity index (χ3v) is 6.36. The maximum atomic E-state index is 13.1. The highest BCUT2D eigenvalue weighted by molar-refractivity contribution is 5.98. The van der Waals surface area contributed by atoms with Crippen molar-refractivity contribution in [2.75, 3.05) is 44.2 Å². The molecule has 2 aliphatic heterocycles. The van der Waals surface area contributed by atoms with E-state index < -0.39 is 0 Å². The summed E-state index contributed by atoms with van der Waals surface area (Å²) in [6.07, 6.45) is 2.50. The number of ether oxygens (including phenoxy) is 1. The smallest absolute Gasteiger partial charge is 0.218 e. The number of halogens is 1. The molecule has 1 N–H and O–H groups in total. The van der Waals surface area contributed by atoms with Crippen LogP contribution in [0.1, 0.15) is 34.6 Å². The first kappa shape index (κ1) is 20.1. The Kier molecular flexibility index (Phi) is 6.01. The molecule has 3 heterocycles. The van der Waals surface area contributed by atoms with E-state index in [1.54, 1.807) is 0 Å². The van der Waals surface area contributed by atoms with Crippen LogP contribution in [-0.4, -0.2) is 55.8 Å². The van der Waals surface area contributed by atoms with Crippen LogP contribution in [0.2, 0.25) is 0 Å². The molecule has 0 unspecified atom stereocenters. The van der Waals surface area contributed by atoms with E-state index in [1.165, 1.54) is 17.0 Å². The number of hydrogen-bond acceptors (Lipinski definition) is 3. The minimum absolute atomic E-state index is 0.208. The Morgan fingerprint density at radius 2 is 1.93 bits per heavy atom. The van der Waals surface area contributed by atoms with Crippen LogP contribution < -0.4 is 9.80 Å². The number of carbonyl (C=O) groups excluding carboxylic acids is 1. The maximum absolute atomic E-state index is 13.1. The van der Waals surface area contributed by atoms with Gasteiger partial charge in [-0.3, -0.25) is 4.79 Å². The lowest BCUT2D eigenvalue weighted by molar-refractivity contribution is -0.892. The lowest BCUT2D eigenvalue weighted by Crippen LogP contribution is -3.15. The van der Waals surface area contributed by atoms with Crippen molar-refractivity contribution in [2.24, 2.45) is 0 Å². The highest BCUT2D eigenvalue weighted by Gasteiger charge is 2.26. The molecule has 0 amide bonds. The van der Waals surface area contributed by atoms with Crippen molar-refractivity contribution < 1.29 is 18.8 Å². The number of aromatic nitrogens is 1. The van der Waals surface area contributed by atoms with Crippen LogP contribution in [0.5, 0.6) is 0 Å². The SMILES string of the molecule is Cc1cc(C(=O)C[NH+]2CCN(c3ccc(F)cc3)CC2)c(C)n1C[C@H]1CCCO1. The average molecular weight is 401 g/mol. The quantitative estimate of drug-likeness (QED) is 0.754. The summed E-state index contributed by atoms with van der Waals surface area (Å²) in [6.45, 7) is 9.94. The second-order valence-electron chi connectivity index (χ2n) is 8.34. The van der Waals surface area contributed by atoms with E-state index in [0.717, 1.165) is 74.8 Å². The van der Waals surface area contributed by atoms with Crippen LogP contribution in [0.15, 0.2) is 30.3 Å². The number of anilines is 1. The molecule has 2 saturated heterocycles. The van der Waals surface area contributed by atoms with Gasteiger partial charge >= 0.3 is 0 Å². The Balaban J connectivity index is 1.34. The summed E-state index contributed by atoms with van der Waals surface area (Å²) in [5.41, 5.74) is 4.10. The van der Waals surface area contributed by atoms with Crippen molar-refractivity contribution in [1.82, 2.24) is 4.57 Å². The zero-order valence-corrected chi connectivity index (χ0v) is 17.4. The number of ketones is 1. The molecule has 2 aromatic rings. The predicted octanol–water partition coefficient (Wildman–Crippen LogP) is 2.01. The van der Waals surface area contributed by atoms with Gasteiger partial charge in [-0.1, -0.05) is 0 Å². The fraction of sp³-hybridized carbons (Fsp3) is 0.522. The second kappa shape index (κ2) is 8.67. The Morgan fingerprint density at radius 1 is 1.21 bits per heavy atom. The number of benzene rings is 1. The summed E-state index contributed by atoms with van der Waals surface area (Å²) in [5.74, 6) is 0.0163. The highest BCUT2D eigenvalue weighted by atomic mass is 19.1. The van der Waals surface area contributed by atoms with Gasteiger partial charge in [0, 0.05) is 35.8 Å². The van der Waals surface area contributed by atoms with E-state index in [1.807, 2.05) is 18.2 Å². The molecule has 1 aromatic carbocycles. The number of carbonyl (C=O) groups is 1. The van der Waals surface area contributed by atoms with Gasteiger partial charge < -0.3 is 19.1 Å². The third-order valence-electron chi connectivity index (χ3n) is 6.36. The first-order valence-electron chi connectivity index (χ1n) is 10.7. The van der Waals surface area contributed by atoms with Crippen LogP contribution in [-0.2, 0) is 11.3 Å². The Labute approximate surface area is 172 Å². The van der Waals surface area contributed by atoms with Crippen LogP contribution in [0.3, 0.4) is 0 Å². The molecule has 5 nitrogen and oxygen atoms in total. The van der Waals surface area contributed by atoms with Gasteiger partial charge in [0.25, 0.3) is 0 Å². The summed E-state index contributed by atoms with van der Waals surface area (Å²) >= 11 is 0. The topological polar surface area (TPSA) is 38.9 Å². The number of Topliss-reactive ketones (excluding diaryl/α,β-unsaturated/α-hetero) is 1. The summed E-state index contributed by atoms with van der Waals surface area (Å²) in [5, 5.41) is 0. The zero-order chi connectivity index (χ0) is 20.4. The number of aryl methyl sites for hydroxylation is 1. The third kappa shape index (κ3) is 4.54. The van der Waals surface area contributed by atoms with Crippen molar-refractivity contribution in [3.05, 3.63) is 53.1 Å². The van der Waals surface area contributed by atoms with E-state index in [2.05, 4.69) is 23.3 Å². The Morgan fingerprint density at radius 3 is 2.59 bits per heavy atom. The first-order valence-corrected chi connectivity index (χ1v) is 10.7. The molecule has 0 spiro atoms. The normalized spacial score (nSPS) is 20.4. The number of rotatable bonds is 6. The van der Waals surface area contributed by atoms with E-state index in [-0.39, 0.29) is 17.7 Å². The molecule has 0 bridgehead atoms. The molecular weight excluding hydrogens is 369 g/mol. The molecule has 2 aliphatic rings. The second-order valence-corrected chi connectivity index (χ2v) is 8.34. The molecular formula is C23H31FN3O2+. The molecule has 2 fully saturated rings. The Hall–Kier alpha value is -2.18. The van der Waals surface area contributed by atoms with Gasteiger partial charge in [0.15, 0.2) is 0 Å². The van der Waals surface area contributed by atoms with E-state index in [4.69, 9.17) is 4.74 Å². The number of quaternary nitrogens is 1. The molecule has 1 atom stereocenters. The fourth-order valence-electron chi connectivity index (χ4n) is 4.59. The summed E-state index contributed by atoms with van der Waals surface area (Å²) in [7, 11) is 0. The lowest BCUT2D eigenvalue weighted by Gasteiger charge is -2.33. The minimum Gasteiger partial charge on any atom is -0.376 e. The van der Waals surface area contributed by atoms with Crippen molar-refractivity contribution in [3.8, 4) is 0 Å². The van der Waals surface area contributed by atoms with E-state index in [0.29, 0.717) is 6.54 Å². The monoisotopic (exact) mass is 400 g/mol. The van der Waals surface area contributed by atoms with Gasteiger partial charge in [-0.05, 0) is 57.0 Å². The molecule has 4 rings (SSSR count). The van der Waals surface area contributed by atoms with Crippen LogP contribution in [0.4, 0.5) is 10.1 Å². The lowest BCUT2D eigenvalue weighted by atomic mass is 10.1. The summed E-state index contributed by atoms with van der Waals surface area (Å²) < 4.78 is 21.1. The van der Waals surface area contributed by atoms with Gasteiger partial charge in [0.1, 0.15) is 12.4 Å². The van der Waals surface area contributed by atoms with Gasteiger partial charge in [0.05, 0.1) is 32.3 Å². The molecule has 0 aliphatic carbocycles. The summed E-state index contributed by atoms with van der Waals surface area (Å²) in [6, 6.07) is 8.71. The number of nitrogens with one attached hydrogen (secondary N) is 1. The molecule has 0 saturated carbocycles. The first-order chi connectivity index (χ1) is 14.0. The van der Waals surface area contributed by atoms with E-state index in [9.17, 15) is 9.18 Å². The molecule has 0 radical (unpaired) electrons. The molecule has 29 heavy (non-hydrogen) atoms. The van der Waals surface area contributed by atoms with Gasteiger partial charge in [-0.2, -0.15) is 0 Å². The fourth-order valence-corrected chi connectivity index (χ4v) is 4.59. The van der Waals surface area contributed by atoms with Crippen molar-refractivity contribution >= 4 is 11.5 Å². The van der Waals surface area contributed by atoms with Crippen LogP contribution >= 0.6 is 0 Å². The van der Waals surface area contributed by atoms with Crippen molar-refractivity contribution in [3.63, 3.8) is 0 Å². The van der Waals surface area contributed by atoms with Gasteiger partial charge in [-0.25, -0.2) is 4.39 Å². The minimum atomic E-state index is -0.208. The highest BCUT2D eigenvalue weighted by Crippen LogP contribution is 2.20. The summed E-state index contributed by atoms with van der Waals surface area (Å²) in [4.78, 5) is 16.6. The average Bonchev–Trinajstić information content (AvgIpc) is 3.33. The van der Waals surface area contributed by atoms with Crippen LogP contribution in [0.25, 0.3) is 0 Å². The van der Waals surface area contributed by atoms with Gasteiger partial charge in [0.2, 0.25) is 5.78 Å². The molecule has 6 heteroatoms. The van der Waals surface area contributed by atoms with Crippen molar-refractivity contribution in [2.45, 2.75) is 39.3 Å². The number of piperazine rings is 1. The van der Waals surface area contributed by atoms with Gasteiger partial charge in [-0.15, -0.1) is 0 Å². The maximum Gasteiger partial charge on any atom is 0.218 e. The van der Waals surface area contributed by atoms with Crippen LogP contribution in [0, 0.1) is 19.7 Å². The molecule has 1 aromatic heterocycles. The largest absolute Gasteiger partial charge is 0.376 e. The standard InChI is InChI=1S/C23H30FN3O2/c1-17-14-22(18(2)27(17)15-21-4-3-13-29-21)23(28)16-25-9-11-26(12-10-25)20-7-5-19(24)6-8-20/h5-8,14,21H,3-4,9-13,15-16H2,1-2H3/p+1/t21-/m1/s1. The molecule has 156 valence electrons. The zero-order valence-electron chi connectivity index (χ0n) is 17.4. The predicted molar refractivity (Wildman–Crippen MR) is 111 cm³/mol. The van der Waals surface area contributed by atoms with Crippen molar-refractivity contribution in [1.29, 1.82) is 0 Å². The Bertz CT molecular complexity index is 848.